The molecule has 1 atom stereocenters. The van der Waals surface area contributed by atoms with Crippen LogP contribution in [-0.4, -0.2) is 18.9 Å². The number of hydrogen-bond acceptors (Lipinski definition) is 3. The number of amides is 2. The molecule has 1 fully saturated rings. The van der Waals surface area contributed by atoms with E-state index < -0.39 is 0 Å². The number of methoxy groups -OCH3 is 1. The first-order valence-corrected chi connectivity index (χ1v) is 8.14. The topological polar surface area (TPSA) is 46.6 Å². The molecule has 0 bridgehead atoms. The second-order valence-corrected chi connectivity index (χ2v) is 6.28. The molecule has 124 valence electrons. The number of anilines is 1. The molecule has 1 heterocycles. The molecule has 1 aliphatic rings. The molecule has 2 aromatic carbocycles. The summed E-state index contributed by atoms with van der Waals surface area (Å²) in [6.45, 7) is 1.81. The monoisotopic (exact) mass is 343 g/mol. The fourth-order valence-corrected chi connectivity index (χ4v) is 3.25. The summed E-state index contributed by atoms with van der Waals surface area (Å²) in [5.41, 5.74) is 2.23. The van der Waals surface area contributed by atoms with Crippen LogP contribution in [0.3, 0.4) is 0 Å². The third kappa shape index (κ3) is 2.89. The minimum atomic E-state index is -0.382. The maximum Gasteiger partial charge on any atom is 0.237 e. The summed E-state index contributed by atoms with van der Waals surface area (Å²) in [7, 11) is 1.60. The fraction of sp³-hybridized carbons (Fsp3) is 0.263. The van der Waals surface area contributed by atoms with Gasteiger partial charge in [-0.05, 0) is 42.7 Å². The molecule has 0 N–H and O–H groups in total. The van der Waals surface area contributed by atoms with Crippen LogP contribution in [0.4, 0.5) is 5.69 Å². The summed E-state index contributed by atoms with van der Waals surface area (Å²) in [4.78, 5) is 26.5. The maximum absolute atomic E-state index is 12.8. The standard InChI is InChI=1S/C19H18ClNO3/c1-12-15(20)7-5-8-16(12)21-18(22)11-14(19(21)23)10-13-6-3-4-9-17(13)24-2/h3-9,14H,10-11H2,1-2H3/t14-/m1/s1. The van der Waals surface area contributed by atoms with Crippen LogP contribution in [0.5, 0.6) is 5.75 Å². The minimum Gasteiger partial charge on any atom is -0.496 e. The number of carbonyl (C=O) groups excluding carboxylic acids is 2. The predicted molar refractivity (Wildman–Crippen MR) is 93.5 cm³/mol. The van der Waals surface area contributed by atoms with E-state index >= 15 is 0 Å². The molecule has 0 aliphatic carbocycles. The first kappa shape index (κ1) is 16.5. The predicted octanol–water partition coefficient (Wildman–Crippen LogP) is 3.78. The average molecular weight is 344 g/mol. The van der Waals surface area contributed by atoms with Gasteiger partial charge in [-0.2, -0.15) is 0 Å². The van der Waals surface area contributed by atoms with Gasteiger partial charge in [-0.3, -0.25) is 9.59 Å². The Labute approximate surface area is 146 Å². The Morgan fingerprint density at radius 3 is 2.67 bits per heavy atom. The van der Waals surface area contributed by atoms with Crippen LogP contribution in [0.1, 0.15) is 17.5 Å². The Balaban J connectivity index is 1.88. The normalized spacial score (nSPS) is 17.5. The lowest BCUT2D eigenvalue weighted by atomic mass is 9.97. The number of nitrogens with zero attached hydrogens (tertiary/aromatic N) is 1. The number of ether oxygens (including phenoxy) is 1. The van der Waals surface area contributed by atoms with Gasteiger partial charge in [-0.15, -0.1) is 0 Å². The van der Waals surface area contributed by atoms with E-state index in [2.05, 4.69) is 0 Å². The zero-order valence-corrected chi connectivity index (χ0v) is 14.3. The third-order valence-electron chi connectivity index (χ3n) is 4.38. The first-order chi connectivity index (χ1) is 11.5. The Bertz CT molecular complexity index is 803. The van der Waals surface area contributed by atoms with Gasteiger partial charge in [0.25, 0.3) is 0 Å². The molecule has 5 heteroatoms. The molecule has 2 amide bonds. The van der Waals surface area contributed by atoms with Crippen molar-refractivity contribution >= 4 is 29.1 Å². The highest BCUT2D eigenvalue weighted by atomic mass is 35.5. The van der Waals surface area contributed by atoms with Gasteiger partial charge in [0.1, 0.15) is 5.75 Å². The molecule has 0 unspecified atom stereocenters. The molecule has 4 nitrogen and oxygen atoms in total. The van der Waals surface area contributed by atoms with Gasteiger partial charge in [0, 0.05) is 11.4 Å². The molecule has 24 heavy (non-hydrogen) atoms. The Morgan fingerprint density at radius 2 is 1.92 bits per heavy atom. The van der Waals surface area contributed by atoms with Crippen molar-refractivity contribution in [2.45, 2.75) is 19.8 Å². The van der Waals surface area contributed by atoms with Crippen LogP contribution < -0.4 is 9.64 Å². The summed E-state index contributed by atoms with van der Waals surface area (Å²) in [6.07, 6.45) is 0.674. The van der Waals surface area contributed by atoms with E-state index in [1.807, 2.05) is 31.2 Å². The average Bonchev–Trinajstić information content (AvgIpc) is 2.85. The molecule has 0 radical (unpaired) electrons. The van der Waals surface area contributed by atoms with Gasteiger partial charge < -0.3 is 4.74 Å². The summed E-state index contributed by atoms with van der Waals surface area (Å²) in [6, 6.07) is 12.8. The van der Waals surface area contributed by atoms with Crippen molar-refractivity contribution in [1.29, 1.82) is 0 Å². The zero-order valence-electron chi connectivity index (χ0n) is 13.6. The third-order valence-corrected chi connectivity index (χ3v) is 4.79. The lowest BCUT2D eigenvalue weighted by molar-refractivity contribution is -0.122. The second kappa shape index (κ2) is 6.65. The molecule has 1 aliphatic heterocycles. The van der Waals surface area contributed by atoms with Crippen molar-refractivity contribution in [3.05, 3.63) is 58.6 Å². The number of carbonyl (C=O) groups is 2. The SMILES string of the molecule is COc1ccccc1C[C@@H]1CC(=O)N(c2cccc(Cl)c2C)C1=O. The van der Waals surface area contributed by atoms with Gasteiger partial charge in [-0.25, -0.2) is 4.90 Å². The van der Waals surface area contributed by atoms with Crippen LogP contribution in [0.15, 0.2) is 42.5 Å². The van der Waals surface area contributed by atoms with Crippen LogP contribution in [0.25, 0.3) is 0 Å². The van der Waals surface area contributed by atoms with Crippen molar-refractivity contribution in [1.82, 2.24) is 0 Å². The van der Waals surface area contributed by atoms with Crippen LogP contribution in [-0.2, 0) is 16.0 Å². The molecular weight excluding hydrogens is 326 g/mol. The lowest BCUT2D eigenvalue weighted by Crippen LogP contribution is -2.31. The number of imide groups is 1. The van der Waals surface area contributed by atoms with E-state index in [0.717, 1.165) is 16.9 Å². The zero-order chi connectivity index (χ0) is 17.3. The quantitative estimate of drug-likeness (QED) is 0.794. The van der Waals surface area contributed by atoms with E-state index in [-0.39, 0.29) is 24.2 Å². The van der Waals surface area contributed by atoms with Crippen LogP contribution in [0, 0.1) is 12.8 Å². The highest BCUT2D eigenvalue weighted by Crippen LogP contribution is 2.34. The van der Waals surface area contributed by atoms with Crippen molar-refractivity contribution in [2.75, 3.05) is 12.0 Å². The Morgan fingerprint density at radius 1 is 1.17 bits per heavy atom. The summed E-state index contributed by atoms with van der Waals surface area (Å²) in [5, 5.41) is 0.543. The Hall–Kier alpha value is -2.33. The van der Waals surface area contributed by atoms with Gasteiger partial charge in [0.15, 0.2) is 0 Å². The molecule has 0 spiro atoms. The lowest BCUT2D eigenvalue weighted by Gasteiger charge is -2.18. The van der Waals surface area contributed by atoms with Gasteiger partial charge >= 0.3 is 0 Å². The number of hydrogen-bond donors (Lipinski definition) is 0. The number of benzene rings is 2. The summed E-state index contributed by atoms with van der Waals surface area (Å²) in [5.74, 6) is -0.0242. The van der Waals surface area contributed by atoms with Gasteiger partial charge in [0.05, 0.1) is 18.7 Å². The molecule has 2 aromatic rings. The summed E-state index contributed by atoms with van der Waals surface area (Å²) < 4.78 is 5.34. The molecule has 0 aromatic heterocycles. The number of halogens is 1. The Kier molecular flexibility index (Phi) is 4.58. The van der Waals surface area contributed by atoms with Crippen molar-refractivity contribution < 1.29 is 14.3 Å². The minimum absolute atomic E-state index is 0.184. The van der Waals surface area contributed by atoms with E-state index in [9.17, 15) is 9.59 Å². The van der Waals surface area contributed by atoms with E-state index in [0.29, 0.717) is 17.1 Å². The van der Waals surface area contributed by atoms with E-state index in [1.54, 1.807) is 25.3 Å². The van der Waals surface area contributed by atoms with Crippen LogP contribution in [0.2, 0.25) is 5.02 Å². The van der Waals surface area contributed by atoms with E-state index in [4.69, 9.17) is 16.3 Å². The second-order valence-electron chi connectivity index (χ2n) is 5.87. The highest BCUT2D eigenvalue weighted by molar-refractivity contribution is 6.32. The smallest absolute Gasteiger partial charge is 0.237 e. The first-order valence-electron chi connectivity index (χ1n) is 7.76. The van der Waals surface area contributed by atoms with E-state index in [1.165, 1.54) is 4.90 Å². The highest BCUT2D eigenvalue weighted by Gasteiger charge is 2.40. The molecule has 1 saturated heterocycles. The largest absolute Gasteiger partial charge is 0.496 e. The number of para-hydroxylation sites is 1. The molecule has 3 rings (SSSR count). The van der Waals surface area contributed by atoms with Crippen molar-refractivity contribution in [2.24, 2.45) is 5.92 Å². The maximum atomic E-state index is 12.8. The van der Waals surface area contributed by atoms with Gasteiger partial charge in [-0.1, -0.05) is 35.9 Å². The van der Waals surface area contributed by atoms with Gasteiger partial charge in [0.2, 0.25) is 11.8 Å². The number of rotatable bonds is 4. The molecule has 0 saturated carbocycles. The summed E-state index contributed by atoms with van der Waals surface area (Å²) >= 11 is 6.13. The van der Waals surface area contributed by atoms with Crippen molar-refractivity contribution in [3.63, 3.8) is 0 Å². The molecular formula is C19H18ClNO3. The van der Waals surface area contributed by atoms with Crippen LogP contribution >= 0.6 is 11.6 Å². The van der Waals surface area contributed by atoms with Crippen molar-refractivity contribution in [3.8, 4) is 5.75 Å². The fourth-order valence-electron chi connectivity index (χ4n) is 3.08.